The summed E-state index contributed by atoms with van der Waals surface area (Å²) < 4.78 is 0. The van der Waals surface area contributed by atoms with Gasteiger partial charge in [0.05, 0.1) is 17.8 Å². The number of hydrogen-bond donors (Lipinski definition) is 2. The largest absolute Gasteiger partial charge is 0.323 e. The molecule has 0 bridgehead atoms. The number of anilines is 1. The van der Waals surface area contributed by atoms with Crippen molar-refractivity contribution in [3.63, 3.8) is 0 Å². The van der Waals surface area contributed by atoms with Crippen molar-refractivity contribution in [2.45, 2.75) is 44.6 Å². The summed E-state index contributed by atoms with van der Waals surface area (Å²) in [6.07, 6.45) is 11.0. The molecule has 1 saturated heterocycles. The summed E-state index contributed by atoms with van der Waals surface area (Å²) in [6, 6.07) is 0.691. The third-order valence-corrected chi connectivity index (χ3v) is 6.02. The van der Waals surface area contributed by atoms with Gasteiger partial charge in [-0.15, -0.1) is 11.3 Å². The fourth-order valence-electron chi connectivity index (χ4n) is 3.90. The summed E-state index contributed by atoms with van der Waals surface area (Å²) >= 11 is 1.53. The molecule has 7 heteroatoms. The Balaban J connectivity index is 1.38. The van der Waals surface area contributed by atoms with Gasteiger partial charge in [-0.25, -0.2) is 4.98 Å². The molecule has 2 fully saturated rings. The molecule has 0 unspecified atom stereocenters. The van der Waals surface area contributed by atoms with Crippen LogP contribution in [0.15, 0.2) is 17.8 Å². The molecule has 0 aromatic carbocycles. The van der Waals surface area contributed by atoms with E-state index in [2.05, 4.69) is 25.4 Å². The number of aromatic amines is 1. The average Bonchev–Trinajstić information content (AvgIpc) is 3.36. The maximum atomic E-state index is 12.7. The number of carbonyl (C=O) groups is 1. The summed E-state index contributed by atoms with van der Waals surface area (Å²) in [5, 5.41) is 12.8. The van der Waals surface area contributed by atoms with Gasteiger partial charge in [0.1, 0.15) is 10.7 Å². The molecular formula is C17H23N5OS. The zero-order valence-electron chi connectivity index (χ0n) is 13.7. The first-order valence-corrected chi connectivity index (χ1v) is 9.67. The van der Waals surface area contributed by atoms with Crippen LogP contribution in [0.5, 0.6) is 0 Å². The molecule has 2 N–H and O–H groups in total. The second-order valence-corrected chi connectivity index (χ2v) is 7.65. The Bertz CT molecular complexity index is 677. The number of thiazole rings is 1. The van der Waals surface area contributed by atoms with Crippen LogP contribution < -0.4 is 5.32 Å². The molecule has 1 amide bonds. The van der Waals surface area contributed by atoms with Crippen LogP contribution in [0.1, 0.15) is 38.5 Å². The number of nitrogens with one attached hydrogen (secondary N) is 2. The first-order chi connectivity index (χ1) is 11.8. The minimum atomic E-state index is 0.0750. The molecule has 2 aromatic rings. The highest BCUT2D eigenvalue weighted by atomic mass is 32.1. The zero-order valence-corrected chi connectivity index (χ0v) is 14.5. The summed E-state index contributed by atoms with van der Waals surface area (Å²) in [6.45, 7) is 1.94. The van der Waals surface area contributed by atoms with E-state index in [-0.39, 0.29) is 11.8 Å². The molecule has 24 heavy (non-hydrogen) atoms. The fourth-order valence-corrected chi connectivity index (χ4v) is 4.55. The maximum Gasteiger partial charge on any atom is 0.228 e. The van der Waals surface area contributed by atoms with Crippen molar-refractivity contribution in [1.29, 1.82) is 0 Å². The highest BCUT2D eigenvalue weighted by molar-refractivity contribution is 7.13. The number of amides is 1. The van der Waals surface area contributed by atoms with Gasteiger partial charge < -0.3 is 5.32 Å². The Morgan fingerprint density at radius 2 is 2.17 bits per heavy atom. The molecular weight excluding hydrogens is 322 g/mol. The molecule has 1 saturated carbocycles. The van der Waals surface area contributed by atoms with E-state index in [1.807, 2.05) is 5.38 Å². The van der Waals surface area contributed by atoms with Crippen LogP contribution in [0.3, 0.4) is 0 Å². The van der Waals surface area contributed by atoms with E-state index in [4.69, 9.17) is 0 Å². The lowest BCUT2D eigenvalue weighted by molar-refractivity contribution is -0.119. The maximum absolute atomic E-state index is 12.7. The first-order valence-electron chi connectivity index (χ1n) is 8.79. The van der Waals surface area contributed by atoms with Gasteiger partial charge in [-0.05, 0) is 25.8 Å². The van der Waals surface area contributed by atoms with E-state index >= 15 is 0 Å². The smallest absolute Gasteiger partial charge is 0.228 e. The minimum Gasteiger partial charge on any atom is -0.323 e. The number of likely N-dealkylation sites (tertiary alicyclic amines) is 1. The van der Waals surface area contributed by atoms with E-state index in [1.165, 1.54) is 43.4 Å². The standard InChI is InChI=1S/C17H23N5OS/c23-16(12-6-8-22(11-12)13-4-2-1-3-5-13)20-14-10-19-21-15(14)17-18-7-9-24-17/h7,9-10,12-13H,1-6,8,11H2,(H,19,21)(H,20,23)/t12-/m1/s1. The van der Waals surface area contributed by atoms with Crippen LogP contribution in [-0.2, 0) is 4.79 Å². The van der Waals surface area contributed by atoms with Crippen LogP contribution in [0.25, 0.3) is 10.7 Å². The van der Waals surface area contributed by atoms with Gasteiger partial charge in [0.2, 0.25) is 5.91 Å². The van der Waals surface area contributed by atoms with Crippen LogP contribution in [0, 0.1) is 5.92 Å². The molecule has 1 aliphatic heterocycles. The lowest BCUT2D eigenvalue weighted by Gasteiger charge is -2.30. The third-order valence-electron chi connectivity index (χ3n) is 5.22. The molecule has 6 nitrogen and oxygen atoms in total. The number of rotatable bonds is 4. The van der Waals surface area contributed by atoms with Gasteiger partial charge in [0.15, 0.2) is 0 Å². The van der Waals surface area contributed by atoms with Crippen molar-refractivity contribution in [2.75, 3.05) is 18.4 Å². The second kappa shape index (κ2) is 7.03. The summed E-state index contributed by atoms with van der Waals surface area (Å²) in [4.78, 5) is 19.5. The topological polar surface area (TPSA) is 73.9 Å². The highest BCUT2D eigenvalue weighted by Crippen LogP contribution is 2.30. The highest BCUT2D eigenvalue weighted by Gasteiger charge is 2.33. The molecule has 2 aromatic heterocycles. The van der Waals surface area contributed by atoms with Crippen molar-refractivity contribution >= 4 is 22.9 Å². The van der Waals surface area contributed by atoms with E-state index in [9.17, 15) is 4.79 Å². The van der Waals surface area contributed by atoms with Gasteiger partial charge in [0.25, 0.3) is 0 Å². The Labute approximate surface area is 145 Å². The Kier molecular flexibility index (Phi) is 4.62. The van der Waals surface area contributed by atoms with Gasteiger partial charge >= 0.3 is 0 Å². The van der Waals surface area contributed by atoms with E-state index in [0.29, 0.717) is 6.04 Å². The molecule has 0 spiro atoms. The van der Waals surface area contributed by atoms with Gasteiger partial charge in [-0.1, -0.05) is 19.3 Å². The lowest BCUT2D eigenvalue weighted by atomic mass is 9.94. The van der Waals surface area contributed by atoms with Crippen molar-refractivity contribution in [3.8, 4) is 10.7 Å². The number of aromatic nitrogens is 3. The summed E-state index contributed by atoms with van der Waals surface area (Å²) in [7, 11) is 0. The Hall–Kier alpha value is -1.73. The monoisotopic (exact) mass is 345 g/mol. The molecule has 3 heterocycles. The van der Waals surface area contributed by atoms with Crippen LogP contribution in [-0.4, -0.2) is 45.1 Å². The fraction of sp³-hybridized carbons (Fsp3) is 0.588. The van der Waals surface area contributed by atoms with Crippen LogP contribution in [0.4, 0.5) is 5.69 Å². The second-order valence-electron chi connectivity index (χ2n) is 6.76. The van der Waals surface area contributed by atoms with E-state index in [0.717, 1.165) is 35.9 Å². The predicted molar refractivity (Wildman–Crippen MR) is 94.9 cm³/mol. The van der Waals surface area contributed by atoms with Crippen LogP contribution in [0.2, 0.25) is 0 Å². The normalized spacial score (nSPS) is 22.8. The molecule has 0 radical (unpaired) electrons. The average molecular weight is 345 g/mol. The lowest BCUT2D eigenvalue weighted by Crippen LogP contribution is -2.36. The Morgan fingerprint density at radius 3 is 2.96 bits per heavy atom. The van der Waals surface area contributed by atoms with E-state index in [1.54, 1.807) is 12.4 Å². The Morgan fingerprint density at radius 1 is 1.29 bits per heavy atom. The van der Waals surface area contributed by atoms with Crippen molar-refractivity contribution in [3.05, 3.63) is 17.8 Å². The molecule has 1 aliphatic carbocycles. The van der Waals surface area contributed by atoms with Crippen molar-refractivity contribution in [2.24, 2.45) is 5.92 Å². The van der Waals surface area contributed by atoms with Gasteiger partial charge in [0, 0.05) is 24.2 Å². The third kappa shape index (κ3) is 3.23. The SMILES string of the molecule is O=C(Nc1cn[nH]c1-c1nccs1)[C@@H]1CCN(C2CCCCC2)C1. The zero-order chi connectivity index (χ0) is 16.4. The quantitative estimate of drug-likeness (QED) is 0.893. The summed E-state index contributed by atoms with van der Waals surface area (Å²) in [5.74, 6) is 0.179. The number of H-pyrrole nitrogens is 1. The number of hydrogen-bond acceptors (Lipinski definition) is 5. The molecule has 1 atom stereocenters. The van der Waals surface area contributed by atoms with E-state index < -0.39 is 0 Å². The van der Waals surface area contributed by atoms with Crippen molar-refractivity contribution < 1.29 is 4.79 Å². The molecule has 128 valence electrons. The molecule has 2 aliphatic rings. The predicted octanol–water partition coefficient (Wildman–Crippen LogP) is 3.13. The van der Waals surface area contributed by atoms with Gasteiger partial charge in [-0.3, -0.25) is 14.8 Å². The number of carbonyl (C=O) groups excluding carboxylic acids is 1. The molecule has 4 rings (SSSR count). The van der Waals surface area contributed by atoms with Gasteiger partial charge in [-0.2, -0.15) is 5.10 Å². The number of nitrogens with zero attached hydrogens (tertiary/aromatic N) is 3. The minimum absolute atomic E-state index is 0.0750. The van der Waals surface area contributed by atoms with Crippen molar-refractivity contribution in [1.82, 2.24) is 20.1 Å². The first kappa shape index (κ1) is 15.8. The summed E-state index contributed by atoms with van der Waals surface area (Å²) in [5.41, 5.74) is 1.52. The van der Waals surface area contributed by atoms with Crippen LogP contribution >= 0.6 is 11.3 Å².